The van der Waals surface area contributed by atoms with Gasteiger partial charge in [0.25, 0.3) is 0 Å². The van der Waals surface area contributed by atoms with Crippen LogP contribution in [0.15, 0.2) is 72.8 Å². The van der Waals surface area contributed by atoms with Gasteiger partial charge in [-0.2, -0.15) is 0 Å². The summed E-state index contributed by atoms with van der Waals surface area (Å²) in [5, 5.41) is 0.694. The molecule has 3 aromatic carbocycles. The number of ether oxygens (including phenoxy) is 2. The first kappa shape index (κ1) is 18.8. The van der Waals surface area contributed by atoms with Crippen molar-refractivity contribution in [2.24, 2.45) is 0 Å². The molecule has 0 N–H and O–H groups in total. The number of halogens is 1. The molecule has 1 unspecified atom stereocenters. The Kier molecular flexibility index (Phi) is 5.27. The summed E-state index contributed by atoms with van der Waals surface area (Å²) in [5.41, 5.74) is 2.28. The highest BCUT2D eigenvalue weighted by molar-refractivity contribution is 6.30. The molecule has 28 heavy (non-hydrogen) atoms. The molecule has 1 saturated heterocycles. The lowest BCUT2D eigenvalue weighted by Gasteiger charge is -2.27. The molecule has 5 heteroatoms. The summed E-state index contributed by atoms with van der Waals surface area (Å²) in [5.74, 6) is 1.59. The zero-order chi connectivity index (χ0) is 19.6. The summed E-state index contributed by atoms with van der Waals surface area (Å²) in [4.78, 5) is 11.9. The molecular weight excluding hydrogens is 376 g/mol. The molecule has 1 atom stereocenters. The first-order chi connectivity index (χ1) is 13.6. The van der Waals surface area contributed by atoms with Gasteiger partial charge < -0.3 is 9.47 Å². The van der Waals surface area contributed by atoms with Crippen molar-refractivity contribution in [1.29, 1.82) is 0 Å². The van der Waals surface area contributed by atoms with E-state index in [9.17, 15) is 0 Å². The molecular formula is C23H21ClO4. The van der Waals surface area contributed by atoms with Gasteiger partial charge in [-0.1, -0.05) is 48.0 Å². The van der Waals surface area contributed by atoms with Gasteiger partial charge in [0.1, 0.15) is 17.6 Å². The molecule has 1 heterocycles. The Hall–Kier alpha value is -2.53. The fourth-order valence-corrected chi connectivity index (χ4v) is 3.67. The van der Waals surface area contributed by atoms with Crippen LogP contribution in [-0.4, -0.2) is 14.2 Å². The largest absolute Gasteiger partial charge is 0.497 e. The maximum Gasteiger partial charge on any atom is 0.156 e. The molecule has 1 fully saturated rings. The van der Waals surface area contributed by atoms with E-state index in [-0.39, 0.29) is 6.10 Å². The molecule has 0 radical (unpaired) electrons. The lowest BCUT2D eigenvalue weighted by atomic mass is 9.81. The quantitative estimate of drug-likeness (QED) is 0.519. The third-order valence-electron chi connectivity index (χ3n) is 5.13. The second kappa shape index (κ2) is 7.84. The third-order valence-corrected chi connectivity index (χ3v) is 5.39. The fraction of sp³-hybridized carbons (Fsp3) is 0.217. The molecule has 0 saturated carbocycles. The number of hydrogen-bond donors (Lipinski definition) is 0. The highest BCUT2D eigenvalue weighted by atomic mass is 35.5. The van der Waals surface area contributed by atoms with Crippen molar-refractivity contribution < 1.29 is 19.2 Å². The number of hydrogen-bond acceptors (Lipinski definition) is 4. The van der Waals surface area contributed by atoms with Gasteiger partial charge in [-0.25, -0.2) is 9.78 Å². The molecule has 1 aliphatic rings. The summed E-state index contributed by atoms with van der Waals surface area (Å²) in [6.07, 6.45) is 0.425. The smallest absolute Gasteiger partial charge is 0.156 e. The SMILES string of the molecule is COc1ccc(C2(c3ccc(OC)cc3)CC(c3ccc(Cl)cc3)OO2)cc1. The predicted molar refractivity (Wildman–Crippen MR) is 108 cm³/mol. The Morgan fingerprint density at radius 2 is 1.29 bits per heavy atom. The average molecular weight is 397 g/mol. The molecule has 0 amide bonds. The van der Waals surface area contributed by atoms with E-state index in [1.54, 1.807) is 14.2 Å². The van der Waals surface area contributed by atoms with Crippen molar-refractivity contribution in [3.05, 3.63) is 94.5 Å². The first-order valence-electron chi connectivity index (χ1n) is 9.03. The van der Waals surface area contributed by atoms with Gasteiger partial charge in [0, 0.05) is 11.4 Å². The van der Waals surface area contributed by atoms with E-state index in [1.807, 2.05) is 72.8 Å². The summed E-state index contributed by atoms with van der Waals surface area (Å²) in [6.45, 7) is 0. The second-order valence-electron chi connectivity index (χ2n) is 6.71. The zero-order valence-electron chi connectivity index (χ0n) is 15.7. The van der Waals surface area contributed by atoms with Crippen LogP contribution in [-0.2, 0) is 15.4 Å². The van der Waals surface area contributed by atoms with Crippen LogP contribution < -0.4 is 9.47 Å². The zero-order valence-corrected chi connectivity index (χ0v) is 16.5. The van der Waals surface area contributed by atoms with Gasteiger partial charge in [0.2, 0.25) is 0 Å². The Labute approximate surface area is 169 Å². The van der Waals surface area contributed by atoms with Crippen molar-refractivity contribution in [3.8, 4) is 11.5 Å². The number of methoxy groups -OCH3 is 2. The maximum absolute atomic E-state index is 6.04. The van der Waals surface area contributed by atoms with Crippen LogP contribution >= 0.6 is 11.6 Å². The van der Waals surface area contributed by atoms with Crippen molar-refractivity contribution in [2.75, 3.05) is 14.2 Å². The summed E-state index contributed by atoms with van der Waals surface area (Å²) < 4.78 is 10.6. The average Bonchev–Trinajstić information content (AvgIpc) is 3.21. The number of benzene rings is 3. The minimum absolute atomic E-state index is 0.207. The molecule has 144 valence electrons. The van der Waals surface area contributed by atoms with E-state index >= 15 is 0 Å². The lowest BCUT2D eigenvalue weighted by Crippen LogP contribution is -2.26. The first-order valence-corrected chi connectivity index (χ1v) is 9.41. The van der Waals surface area contributed by atoms with Gasteiger partial charge >= 0.3 is 0 Å². The van der Waals surface area contributed by atoms with E-state index in [2.05, 4.69) is 0 Å². The topological polar surface area (TPSA) is 36.9 Å². The van der Waals surface area contributed by atoms with E-state index in [4.69, 9.17) is 30.8 Å². The van der Waals surface area contributed by atoms with Gasteiger partial charge in [-0.05, 0) is 53.1 Å². The maximum atomic E-state index is 6.04. The molecule has 4 rings (SSSR count). The summed E-state index contributed by atoms with van der Waals surface area (Å²) >= 11 is 6.03. The summed E-state index contributed by atoms with van der Waals surface area (Å²) in [6, 6.07) is 23.4. The van der Waals surface area contributed by atoms with E-state index in [0.717, 1.165) is 28.2 Å². The number of rotatable bonds is 5. The fourth-order valence-electron chi connectivity index (χ4n) is 3.54. The van der Waals surface area contributed by atoms with Crippen molar-refractivity contribution in [3.63, 3.8) is 0 Å². The Balaban J connectivity index is 1.74. The minimum Gasteiger partial charge on any atom is -0.497 e. The van der Waals surface area contributed by atoms with E-state index in [1.165, 1.54) is 0 Å². The Bertz CT molecular complexity index is 873. The van der Waals surface area contributed by atoms with Crippen molar-refractivity contribution >= 4 is 11.6 Å². The van der Waals surface area contributed by atoms with Crippen LogP contribution in [0.25, 0.3) is 0 Å². The Morgan fingerprint density at radius 3 is 1.75 bits per heavy atom. The van der Waals surface area contributed by atoms with Crippen LogP contribution in [0.2, 0.25) is 5.02 Å². The molecule has 0 bridgehead atoms. The molecule has 4 nitrogen and oxygen atoms in total. The normalized spacial score (nSPS) is 18.0. The van der Waals surface area contributed by atoms with Crippen LogP contribution in [0.5, 0.6) is 11.5 Å². The molecule has 1 aliphatic heterocycles. The summed E-state index contributed by atoms with van der Waals surface area (Å²) in [7, 11) is 3.31. The van der Waals surface area contributed by atoms with Crippen LogP contribution in [0, 0.1) is 0 Å². The van der Waals surface area contributed by atoms with Crippen molar-refractivity contribution in [2.45, 2.75) is 18.1 Å². The van der Waals surface area contributed by atoms with Gasteiger partial charge in [-0.15, -0.1) is 0 Å². The highest BCUT2D eigenvalue weighted by Crippen LogP contribution is 2.49. The van der Waals surface area contributed by atoms with Crippen LogP contribution in [0.1, 0.15) is 29.2 Å². The molecule has 0 aromatic heterocycles. The van der Waals surface area contributed by atoms with Crippen LogP contribution in [0.4, 0.5) is 0 Å². The highest BCUT2D eigenvalue weighted by Gasteiger charge is 2.46. The third kappa shape index (κ3) is 3.47. The van der Waals surface area contributed by atoms with E-state index < -0.39 is 5.60 Å². The molecule has 3 aromatic rings. The molecule has 0 spiro atoms. The van der Waals surface area contributed by atoms with Crippen molar-refractivity contribution in [1.82, 2.24) is 0 Å². The predicted octanol–water partition coefficient (Wildman–Crippen LogP) is 5.69. The second-order valence-corrected chi connectivity index (χ2v) is 7.14. The molecule has 0 aliphatic carbocycles. The van der Waals surface area contributed by atoms with Gasteiger partial charge in [0.15, 0.2) is 5.60 Å². The standard InChI is InChI=1S/C23H21ClO4/c1-25-20-11-5-17(6-12-20)23(18-7-13-21(26-2)14-8-18)15-22(27-28-23)16-3-9-19(24)10-4-16/h3-14,22H,15H2,1-2H3. The van der Waals surface area contributed by atoms with Gasteiger partial charge in [0.05, 0.1) is 14.2 Å². The van der Waals surface area contributed by atoms with Crippen LogP contribution in [0.3, 0.4) is 0 Å². The Morgan fingerprint density at radius 1 is 0.786 bits per heavy atom. The van der Waals surface area contributed by atoms with E-state index in [0.29, 0.717) is 11.4 Å². The van der Waals surface area contributed by atoms with Gasteiger partial charge in [-0.3, -0.25) is 0 Å². The monoisotopic (exact) mass is 396 g/mol. The minimum atomic E-state index is -0.733. The lowest BCUT2D eigenvalue weighted by molar-refractivity contribution is -0.322.